The third kappa shape index (κ3) is 6.25. The first kappa shape index (κ1) is 27.8. The minimum Gasteiger partial charge on any atom is -0.493 e. The molecule has 0 saturated carbocycles. The number of thiazole rings is 1. The van der Waals surface area contributed by atoms with Crippen molar-refractivity contribution in [3.8, 4) is 22.9 Å². The molecule has 4 N–H and O–H groups in total. The number of imidazole rings is 1. The Morgan fingerprint density at radius 2 is 1.85 bits per heavy atom. The third-order valence-electron chi connectivity index (χ3n) is 6.11. The van der Waals surface area contributed by atoms with E-state index in [9.17, 15) is 19.5 Å². The van der Waals surface area contributed by atoms with Crippen LogP contribution in [-0.2, 0) is 9.53 Å². The second-order valence-corrected chi connectivity index (χ2v) is 9.48. The lowest BCUT2D eigenvalue weighted by Gasteiger charge is -2.24. The van der Waals surface area contributed by atoms with Crippen LogP contribution in [0, 0.1) is 0 Å². The van der Waals surface area contributed by atoms with Crippen LogP contribution in [0.5, 0.6) is 11.6 Å². The average Bonchev–Trinajstić information content (AvgIpc) is 3.53. The number of aliphatic hydroxyl groups is 1. The van der Waals surface area contributed by atoms with E-state index in [0.717, 1.165) is 21.5 Å². The second-order valence-electron chi connectivity index (χ2n) is 8.62. The third-order valence-corrected chi connectivity index (χ3v) is 6.87. The molecule has 0 saturated heterocycles. The highest BCUT2D eigenvalue weighted by atomic mass is 32.1. The standard InChI is InChI=1S/C27H28N4O7S/c1-16(17-6-4-3-5-7-17)23(24(34)30-26-28-20(15-39-26)21(33)14-32)31-25(35)22(29-27(31)36)18-8-10-19(11-9-18)38-13-12-37-2/h3-11,15-16,23,32,35H,12-14H2,1-2H3,(H,29,36)(H,28,30,34)/t16-,23-/m0/s1. The number of aliphatic hydroxyl groups excluding tert-OH is 1. The lowest BCUT2D eigenvalue weighted by molar-refractivity contribution is -0.120. The molecule has 0 aliphatic rings. The molecule has 39 heavy (non-hydrogen) atoms. The van der Waals surface area contributed by atoms with Gasteiger partial charge in [-0.3, -0.25) is 9.59 Å². The number of aromatic nitrogens is 3. The minimum atomic E-state index is -1.18. The molecule has 0 aliphatic heterocycles. The number of hydrogen-bond donors (Lipinski definition) is 4. The zero-order chi connectivity index (χ0) is 27.9. The molecular weight excluding hydrogens is 524 g/mol. The Kier molecular flexibility index (Phi) is 8.92. The fourth-order valence-electron chi connectivity index (χ4n) is 4.09. The Hall–Kier alpha value is -4.26. The Labute approximate surface area is 227 Å². The van der Waals surface area contributed by atoms with Crippen LogP contribution in [-0.4, -0.2) is 63.4 Å². The maximum atomic E-state index is 13.6. The quantitative estimate of drug-likeness (QED) is 0.154. The first-order chi connectivity index (χ1) is 18.8. The zero-order valence-corrected chi connectivity index (χ0v) is 22.1. The summed E-state index contributed by atoms with van der Waals surface area (Å²) in [5.41, 5.74) is 0.761. The number of Topliss-reactive ketones (excluding diaryl/α,β-unsaturated/α-hetero) is 1. The number of benzene rings is 2. The van der Waals surface area contributed by atoms with Crippen molar-refractivity contribution >= 4 is 28.2 Å². The van der Waals surface area contributed by atoms with E-state index in [4.69, 9.17) is 14.6 Å². The van der Waals surface area contributed by atoms with Crippen LogP contribution < -0.4 is 15.7 Å². The van der Waals surface area contributed by atoms with E-state index in [-0.39, 0.29) is 16.5 Å². The van der Waals surface area contributed by atoms with Crippen molar-refractivity contribution in [3.05, 3.63) is 81.7 Å². The number of methoxy groups -OCH3 is 1. The zero-order valence-electron chi connectivity index (χ0n) is 21.3. The number of carbonyl (C=O) groups excluding carboxylic acids is 2. The number of H-pyrrole nitrogens is 1. The minimum absolute atomic E-state index is 0.0176. The molecule has 0 fully saturated rings. The molecule has 0 bridgehead atoms. The Morgan fingerprint density at radius 3 is 2.51 bits per heavy atom. The molecule has 4 aromatic rings. The summed E-state index contributed by atoms with van der Waals surface area (Å²) in [6, 6.07) is 14.7. The maximum absolute atomic E-state index is 13.6. The number of nitrogens with one attached hydrogen (secondary N) is 2. The van der Waals surface area contributed by atoms with E-state index in [1.54, 1.807) is 38.3 Å². The largest absolute Gasteiger partial charge is 0.493 e. The van der Waals surface area contributed by atoms with Gasteiger partial charge in [-0.25, -0.2) is 14.3 Å². The molecule has 2 aromatic carbocycles. The van der Waals surface area contributed by atoms with Crippen molar-refractivity contribution in [3.63, 3.8) is 0 Å². The fourth-order valence-corrected chi connectivity index (χ4v) is 4.80. The fraction of sp³-hybridized carbons (Fsp3) is 0.259. The van der Waals surface area contributed by atoms with Crippen LogP contribution in [0.25, 0.3) is 11.3 Å². The molecule has 2 aromatic heterocycles. The topological polar surface area (TPSA) is 156 Å². The van der Waals surface area contributed by atoms with Gasteiger partial charge in [0.25, 0.3) is 0 Å². The number of aromatic amines is 1. The van der Waals surface area contributed by atoms with Gasteiger partial charge in [0.1, 0.15) is 36.4 Å². The van der Waals surface area contributed by atoms with Crippen LogP contribution in [0.4, 0.5) is 5.13 Å². The van der Waals surface area contributed by atoms with Crippen molar-refractivity contribution < 1.29 is 29.3 Å². The van der Waals surface area contributed by atoms with Crippen LogP contribution >= 0.6 is 11.3 Å². The number of amides is 1. The number of ketones is 1. The molecule has 2 heterocycles. The van der Waals surface area contributed by atoms with Gasteiger partial charge in [-0.1, -0.05) is 37.3 Å². The molecule has 0 aliphatic carbocycles. The van der Waals surface area contributed by atoms with E-state index in [1.165, 1.54) is 5.38 Å². The van der Waals surface area contributed by atoms with E-state index >= 15 is 0 Å². The molecule has 0 radical (unpaired) electrons. The van der Waals surface area contributed by atoms with Crippen LogP contribution in [0.1, 0.15) is 34.9 Å². The van der Waals surface area contributed by atoms with Gasteiger partial charge in [-0.05, 0) is 29.8 Å². The maximum Gasteiger partial charge on any atom is 0.329 e. The van der Waals surface area contributed by atoms with Gasteiger partial charge in [-0.15, -0.1) is 11.3 Å². The number of hydrogen-bond acceptors (Lipinski definition) is 9. The van der Waals surface area contributed by atoms with E-state index in [0.29, 0.717) is 24.5 Å². The molecule has 4 rings (SSSR count). The Balaban J connectivity index is 1.69. The number of aromatic hydroxyl groups is 1. The molecule has 204 valence electrons. The highest BCUT2D eigenvalue weighted by Gasteiger charge is 2.33. The summed E-state index contributed by atoms with van der Waals surface area (Å²) in [5, 5.41) is 24.5. The van der Waals surface area contributed by atoms with E-state index < -0.39 is 41.8 Å². The summed E-state index contributed by atoms with van der Waals surface area (Å²) in [6.07, 6.45) is 0. The predicted octanol–water partition coefficient (Wildman–Crippen LogP) is 3.19. The van der Waals surface area contributed by atoms with E-state index in [1.807, 2.05) is 30.3 Å². The number of rotatable bonds is 12. The number of nitrogens with zero attached hydrogens (tertiary/aromatic N) is 2. The summed E-state index contributed by atoms with van der Waals surface area (Å²) >= 11 is 1.01. The smallest absolute Gasteiger partial charge is 0.329 e. The van der Waals surface area contributed by atoms with Gasteiger partial charge >= 0.3 is 5.69 Å². The summed E-state index contributed by atoms with van der Waals surface area (Å²) in [6.45, 7) is 1.87. The van der Waals surface area contributed by atoms with Crippen molar-refractivity contribution in [1.82, 2.24) is 14.5 Å². The lowest BCUT2D eigenvalue weighted by Crippen LogP contribution is -2.35. The number of carbonyl (C=O) groups is 2. The summed E-state index contributed by atoms with van der Waals surface area (Å²) in [5.74, 6) is -1.57. The number of anilines is 1. The summed E-state index contributed by atoms with van der Waals surface area (Å²) < 4.78 is 11.6. The molecule has 0 unspecified atom stereocenters. The first-order valence-corrected chi connectivity index (χ1v) is 12.9. The van der Waals surface area contributed by atoms with Gasteiger partial charge in [-0.2, -0.15) is 0 Å². The van der Waals surface area contributed by atoms with Crippen LogP contribution in [0.15, 0.2) is 64.8 Å². The molecule has 12 heteroatoms. The highest BCUT2D eigenvalue weighted by molar-refractivity contribution is 7.14. The Bertz CT molecular complexity index is 1480. The first-order valence-electron chi connectivity index (χ1n) is 12.0. The molecule has 2 atom stereocenters. The lowest BCUT2D eigenvalue weighted by atomic mass is 9.92. The van der Waals surface area contributed by atoms with Crippen molar-refractivity contribution in [2.45, 2.75) is 18.9 Å². The van der Waals surface area contributed by atoms with Crippen LogP contribution in [0.3, 0.4) is 0 Å². The monoisotopic (exact) mass is 552 g/mol. The predicted molar refractivity (Wildman–Crippen MR) is 146 cm³/mol. The van der Waals surface area contributed by atoms with Gasteiger partial charge in [0, 0.05) is 24.0 Å². The van der Waals surface area contributed by atoms with Gasteiger partial charge in [0.05, 0.1) is 6.61 Å². The van der Waals surface area contributed by atoms with Crippen molar-refractivity contribution in [2.24, 2.45) is 0 Å². The van der Waals surface area contributed by atoms with Crippen molar-refractivity contribution in [2.75, 3.05) is 32.2 Å². The van der Waals surface area contributed by atoms with Gasteiger partial charge < -0.3 is 30.0 Å². The second kappa shape index (κ2) is 12.5. The SMILES string of the molecule is COCCOc1ccc(-c2[nH]c(=O)n([C@H](C(=O)Nc3nc(C(=O)CO)cs3)[C@@H](C)c3ccccc3)c2O)cc1. The summed E-state index contributed by atoms with van der Waals surface area (Å²) in [7, 11) is 1.58. The Morgan fingerprint density at radius 1 is 1.13 bits per heavy atom. The van der Waals surface area contributed by atoms with Crippen molar-refractivity contribution in [1.29, 1.82) is 0 Å². The molecule has 1 amide bonds. The van der Waals surface area contributed by atoms with Gasteiger partial charge in [0.15, 0.2) is 5.13 Å². The molecule has 11 nitrogen and oxygen atoms in total. The van der Waals surface area contributed by atoms with E-state index in [2.05, 4.69) is 15.3 Å². The molecule has 0 spiro atoms. The average molecular weight is 553 g/mol. The molecular formula is C27H28N4O7S. The normalized spacial score (nSPS) is 12.6. The van der Waals surface area contributed by atoms with Crippen LogP contribution in [0.2, 0.25) is 0 Å². The highest BCUT2D eigenvalue weighted by Crippen LogP contribution is 2.35. The summed E-state index contributed by atoms with van der Waals surface area (Å²) in [4.78, 5) is 45.3. The van der Waals surface area contributed by atoms with Gasteiger partial charge in [0.2, 0.25) is 17.6 Å². The number of ether oxygens (including phenoxy) is 2.